The lowest BCUT2D eigenvalue weighted by atomic mass is 10.2. The summed E-state index contributed by atoms with van der Waals surface area (Å²) in [7, 11) is 0. The van der Waals surface area contributed by atoms with Crippen LogP contribution < -0.4 is 0 Å². The van der Waals surface area contributed by atoms with Crippen LogP contribution in [0.1, 0.15) is 5.56 Å². The molecule has 0 spiro atoms. The van der Waals surface area contributed by atoms with Crippen molar-refractivity contribution >= 4 is 22.7 Å². The monoisotopic (exact) mass is 316 g/mol. The van der Waals surface area contributed by atoms with E-state index < -0.39 is 17.6 Å². The van der Waals surface area contributed by atoms with E-state index in [4.69, 9.17) is 16.0 Å². The van der Waals surface area contributed by atoms with Crippen molar-refractivity contribution in [3.8, 4) is 11.5 Å². The van der Waals surface area contributed by atoms with Gasteiger partial charge in [0.05, 0.1) is 16.1 Å². The molecule has 0 radical (unpaired) electrons. The summed E-state index contributed by atoms with van der Waals surface area (Å²) >= 11 is 5.90. The van der Waals surface area contributed by atoms with Gasteiger partial charge < -0.3 is 4.42 Å². The predicted molar refractivity (Wildman–Crippen MR) is 67.2 cm³/mol. The van der Waals surface area contributed by atoms with Gasteiger partial charge in [-0.2, -0.15) is 13.2 Å². The molecule has 108 valence electrons. The highest BCUT2D eigenvalue weighted by Crippen LogP contribution is 2.35. The van der Waals surface area contributed by atoms with E-state index in [2.05, 4.69) is 9.97 Å². The Bertz CT molecular complexity index is 829. The average Bonchev–Trinajstić information content (AvgIpc) is 2.79. The number of pyridine rings is 1. The lowest BCUT2D eigenvalue weighted by molar-refractivity contribution is -0.139. The van der Waals surface area contributed by atoms with Gasteiger partial charge in [-0.3, -0.25) is 4.98 Å². The summed E-state index contributed by atoms with van der Waals surface area (Å²) in [6.45, 7) is 0. The van der Waals surface area contributed by atoms with Gasteiger partial charge in [-0.05, 0) is 12.1 Å². The SMILES string of the molecule is Fc1cc2oc(-c3ccncc3Cl)nc2cc1C(F)(F)F. The number of alkyl halides is 3. The fourth-order valence-corrected chi connectivity index (χ4v) is 2.03. The maximum Gasteiger partial charge on any atom is 0.419 e. The maximum atomic E-state index is 13.5. The highest BCUT2D eigenvalue weighted by Gasteiger charge is 2.35. The first-order valence-electron chi connectivity index (χ1n) is 5.63. The lowest BCUT2D eigenvalue weighted by Crippen LogP contribution is -2.07. The topological polar surface area (TPSA) is 38.9 Å². The van der Waals surface area contributed by atoms with Crippen LogP contribution in [0, 0.1) is 5.82 Å². The first kappa shape index (κ1) is 13.8. The molecule has 2 heterocycles. The van der Waals surface area contributed by atoms with Gasteiger partial charge in [-0.15, -0.1) is 0 Å². The zero-order valence-corrected chi connectivity index (χ0v) is 10.8. The van der Waals surface area contributed by atoms with Gasteiger partial charge in [-0.1, -0.05) is 11.6 Å². The van der Waals surface area contributed by atoms with Crippen LogP contribution in [0.2, 0.25) is 5.02 Å². The van der Waals surface area contributed by atoms with Crippen molar-refractivity contribution in [3.05, 3.63) is 47.0 Å². The third-order valence-corrected chi connectivity index (χ3v) is 3.09. The molecule has 0 aliphatic carbocycles. The summed E-state index contributed by atoms with van der Waals surface area (Å²) < 4.78 is 56.6. The van der Waals surface area contributed by atoms with E-state index in [1.807, 2.05) is 0 Å². The summed E-state index contributed by atoms with van der Waals surface area (Å²) in [4.78, 5) is 7.69. The number of halogens is 5. The number of fused-ring (bicyclic) bond motifs is 1. The highest BCUT2D eigenvalue weighted by atomic mass is 35.5. The molecule has 0 atom stereocenters. The quantitative estimate of drug-likeness (QED) is 0.611. The number of nitrogens with zero attached hydrogens (tertiary/aromatic N) is 2. The number of rotatable bonds is 1. The Balaban J connectivity index is 2.20. The van der Waals surface area contributed by atoms with Crippen LogP contribution in [-0.4, -0.2) is 9.97 Å². The summed E-state index contributed by atoms with van der Waals surface area (Å²) in [6.07, 6.45) is -2.03. The van der Waals surface area contributed by atoms with Crippen LogP contribution in [0.15, 0.2) is 35.0 Å². The molecule has 3 nitrogen and oxygen atoms in total. The van der Waals surface area contributed by atoms with Gasteiger partial charge in [0.15, 0.2) is 5.58 Å². The summed E-state index contributed by atoms with van der Waals surface area (Å²) in [5.74, 6) is -1.42. The third-order valence-electron chi connectivity index (χ3n) is 2.79. The second-order valence-corrected chi connectivity index (χ2v) is 4.58. The molecule has 0 aliphatic heterocycles. The average molecular weight is 317 g/mol. The minimum atomic E-state index is -4.80. The van der Waals surface area contributed by atoms with Crippen molar-refractivity contribution in [1.29, 1.82) is 0 Å². The van der Waals surface area contributed by atoms with Crippen LogP contribution in [0.4, 0.5) is 17.6 Å². The van der Waals surface area contributed by atoms with E-state index in [9.17, 15) is 17.6 Å². The van der Waals surface area contributed by atoms with Crippen molar-refractivity contribution in [3.63, 3.8) is 0 Å². The minimum Gasteiger partial charge on any atom is -0.436 e. The molecule has 0 bridgehead atoms. The van der Waals surface area contributed by atoms with Crippen LogP contribution in [0.3, 0.4) is 0 Å². The first-order valence-corrected chi connectivity index (χ1v) is 6.01. The zero-order valence-electron chi connectivity index (χ0n) is 10.1. The number of aromatic nitrogens is 2. The van der Waals surface area contributed by atoms with E-state index in [1.54, 1.807) is 0 Å². The number of hydrogen-bond acceptors (Lipinski definition) is 3. The fraction of sp³-hybridized carbons (Fsp3) is 0.0769. The highest BCUT2D eigenvalue weighted by molar-refractivity contribution is 6.33. The Morgan fingerprint density at radius 3 is 2.62 bits per heavy atom. The third kappa shape index (κ3) is 2.44. The Morgan fingerprint density at radius 2 is 1.95 bits per heavy atom. The van der Waals surface area contributed by atoms with Crippen LogP contribution >= 0.6 is 11.6 Å². The molecular weight excluding hydrogens is 312 g/mol. The molecule has 0 aliphatic rings. The summed E-state index contributed by atoms with van der Waals surface area (Å²) in [6, 6.07) is 2.75. The molecule has 1 aromatic carbocycles. The number of oxazole rings is 1. The van der Waals surface area contributed by atoms with Crippen molar-refractivity contribution in [2.45, 2.75) is 6.18 Å². The van der Waals surface area contributed by atoms with Crippen LogP contribution in [0.5, 0.6) is 0 Å². The Morgan fingerprint density at radius 1 is 1.19 bits per heavy atom. The molecule has 3 rings (SSSR count). The zero-order chi connectivity index (χ0) is 15.2. The van der Waals surface area contributed by atoms with Crippen molar-refractivity contribution < 1.29 is 22.0 Å². The maximum absolute atomic E-state index is 13.5. The number of benzene rings is 1. The molecule has 0 saturated carbocycles. The molecule has 0 saturated heterocycles. The predicted octanol–water partition coefficient (Wildman–Crippen LogP) is 4.70. The van der Waals surface area contributed by atoms with Crippen LogP contribution in [0.25, 0.3) is 22.6 Å². The van der Waals surface area contributed by atoms with Gasteiger partial charge in [0.1, 0.15) is 11.3 Å². The normalized spacial score (nSPS) is 12.0. The van der Waals surface area contributed by atoms with Crippen molar-refractivity contribution in [2.75, 3.05) is 0 Å². The molecule has 0 N–H and O–H groups in total. The van der Waals surface area contributed by atoms with Gasteiger partial charge in [0.25, 0.3) is 0 Å². The molecule has 0 fully saturated rings. The second-order valence-electron chi connectivity index (χ2n) is 4.17. The van der Waals surface area contributed by atoms with E-state index in [0.29, 0.717) is 17.7 Å². The Hall–Kier alpha value is -2.15. The molecule has 0 amide bonds. The second kappa shape index (κ2) is 4.70. The first-order chi connectivity index (χ1) is 9.86. The summed E-state index contributed by atoms with van der Waals surface area (Å²) in [5.41, 5.74) is -1.23. The van der Waals surface area contributed by atoms with Gasteiger partial charge >= 0.3 is 6.18 Å². The Labute approximate surface area is 120 Å². The standard InChI is InChI=1S/C13H5ClF4N2O/c14-8-5-19-2-1-6(8)12-20-10-3-7(13(16,17)18)9(15)4-11(10)21-12/h1-5H. The van der Waals surface area contributed by atoms with Crippen molar-refractivity contribution in [1.82, 2.24) is 9.97 Å². The minimum absolute atomic E-state index is 0.00359. The molecule has 0 unspecified atom stereocenters. The molecule has 3 aromatic rings. The van der Waals surface area contributed by atoms with Crippen LogP contribution in [-0.2, 0) is 6.18 Å². The molecular formula is C13H5ClF4N2O. The number of hydrogen-bond donors (Lipinski definition) is 0. The van der Waals surface area contributed by atoms with E-state index >= 15 is 0 Å². The van der Waals surface area contributed by atoms with Gasteiger partial charge in [-0.25, -0.2) is 9.37 Å². The van der Waals surface area contributed by atoms with Gasteiger partial charge in [0.2, 0.25) is 5.89 Å². The Kier molecular flexibility index (Phi) is 3.09. The lowest BCUT2D eigenvalue weighted by Gasteiger charge is -2.06. The fourth-order valence-electron chi connectivity index (χ4n) is 1.83. The van der Waals surface area contributed by atoms with E-state index in [1.165, 1.54) is 18.5 Å². The largest absolute Gasteiger partial charge is 0.436 e. The molecule has 2 aromatic heterocycles. The van der Waals surface area contributed by atoms with E-state index in [0.717, 1.165) is 0 Å². The molecule has 21 heavy (non-hydrogen) atoms. The summed E-state index contributed by atoms with van der Waals surface area (Å²) in [5, 5.41) is 0.223. The van der Waals surface area contributed by atoms with E-state index in [-0.39, 0.29) is 22.0 Å². The van der Waals surface area contributed by atoms with Gasteiger partial charge in [0, 0.05) is 18.5 Å². The molecule has 8 heteroatoms. The smallest absolute Gasteiger partial charge is 0.419 e. The van der Waals surface area contributed by atoms with Crippen molar-refractivity contribution in [2.24, 2.45) is 0 Å².